The summed E-state index contributed by atoms with van der Waals surface area (Å²) in [7, 11) is 0. The van der Waals surface area contributed by atoms with Crippen molar-refractivity contribution in [2.75, 3.05) is 19.6 Å². The number of hydrogen-bond donors (Lipinski definition) is 3. The number of hydrogen-bond acceptors (Lipinski definition) is 3. The number of halogens is 1. The first-order valence-electron chi connectivity index (χ1n) is 6.89. The summed E-state index contributed by atoms with van der Waals surface area (Å²) in [6, 6.07) is 0. The van der Waals surface area contributed by atoms with Gasteiger partial charge in [0.05, 0.1) is 0 Å². The molecule has 0 saturated carbocycles. The molecule has 3 rings (SSSR count). The van der Waals surface area contributed by atoms with E-state index in [0.717, 1.165) is 50.2 Å². The Morgan fingerprint density at radius 2 is 2.26 bits per heavy atom. The number of H-pyrrole nitrogens is 1. The van der Waals surface area contributed by atoms with E-state index in [0.29, 0.717) is 11.6 Å². The number of nitrogens with one attached hydrogen (secondary N) is 3. The van der Waals surface area contributed by atoms with E-state index in [2.05, 4.69) is 20.8 Å². The zero-order valence-electron chi connectivity index (χ0n) is 11.0. The summed E-state index contributed by atoms with van der Waals surface area (Å²) >= 11 is 0. The lowest BCUT2D eigenvalue weighted by atomic mass is 10.00. The van der Waals surface area contributed by atoms with E-state index in [-0.39, 0.29) is 18.3 Å². The highest BCUT2D eigenvalue weighted by molar-refractivity contribution is 5.94. The fraction of sp³-hybridized carbons (Fsp3) is 0.692. The van der Waals surface area contributed by atoms with Gasteiger partial charge in [-0.2, -0.15) is 5.10 Å². The number of aryl methyl sites for hydroxylation is 1. The van der Waals surface area contributed by atoms with Crippen LogP contribution in [-0.2, 0) is 12.8 Å². The fourth-order valence-corrected chi connectivity index (χ4v) is 2.93. The Morgan fingerprint density at radius 3 is 3.05 bits per heavy atom. The summed E-state index contributed by atoms with van der Waals surface area (Å²) in [5.74, 6) is 0.551. The number of fused-ring (bicyclic) bond motifs is 1. The molecule has 0 radical (unpaired) electrons. The molecule has 0 bridgehead atoms. The Hall–Kier alpha value is -1.07. The standard InChI is InChI=1S/C13H20N4O.ClH/c18-13(15-8-9-3-2-6-14-7-9)12-10-4-1-5-11(10)16-17-12;/h9,14H,1-8H2,(H,15,18)(H,16,17);1H. The average Bonchev–Trinajstić information content (AvgIpc) is 2.99. The van der Waals surface area contributed by atoms with Gasteiger partial charge in [-0.25, -0.2) is 0 Å². The normalized spacial score (nSPS) is 21.6. The number of piperidine rings is 1. The van der Waals surface area contributed by atoms with Crippen molar-refractivity contribution >= 4 is 18.3 Å². The molecule has 2 aliphatic rings. The molecule has 1 atom stereocenters. The molecular weight excluding hydrogens is 264 g/mol. The molecule has 0 aromatic carbocycles. The van der Waals surface area contributed by atoms with Crippen LogP contribution in [0.15, 0.2) is 0 Å². The van der Waals surface area contributed by atoms with Crippen molar-refractivity contribution < 1.29 is 4.79 Å². The predicted octanol–water partition coefficient (Wildman–Crippen LogP) is 1.05. The quantitative estimate of drug-likeness (QED) is 0.777. The number of rotatable bonds is 3. The second kappa shape index (κ2) is 6.39. The summed E-state index contributed by atoms with van der Waals surface area (Å²) in [4.78, 5) is 12.1. The van der Waals surface area contributed by atoms with Crippen LogP contribution in [0.2, 0.25) is 0 Å². The molecular formula is C13H21ClN4O. The summed E-state index contributed by atoms with van der Waals surface area (Å²) in [6.45, 7) is 2.88. The van der Waals surface area contributed by atoms with Gasteiger partial charge in [0.1, 0.15) is 0 Å². The van der Waals surface area contributed by atoms with Crippen molar-refractivity contribution in [3.63, 3.8) is 0 Å². The highest BCUT2D eigenvalue weighted by atomic mass is 35.5. The Morgan fingerprint density at radius 1 is 1.37 bits per heavy atom. The van der Waals surface area contributed by atoms with Gasteiger partial charge in [-0.3, -0.25) is 9.89 Å². The van der Waals surface area contributed by atoms with Gasteiger partial charge >= 0.3 is 0 Å². The SMILES string of the molecule is Cl.O=C(NCC1CCCNC1)c1n[nH]c2c1CCC2. The molecule has 1 amide bonds. The van der Waals surface area contributed by atoms with E-state index in [4.69, 9.17) is 0 Å². The van der Waals surface area contributed by atoms with E-state index >= 15 is 0 Å². The Balaban J connectivity index is 0.00000133. The van der Waals surface area contributed by atoms with Crippen LogP contribution >= 0.6 is 12.4 Å². The number of carbonyl (C=O) groups excluding carboxylic acids is 1. The van der Waals surface area contributed by atoms with Crippen LogP contribution in [0.3, 0.4) is 0 Å². The van der Waals surface area contributed by atoms with Crippen LogP contribution in [-0.4, -0.2) is 35.7 Å². The molecule has 1 saturated heterocycles. The molecule has 1 fully saturated rings. The van der Waals surface area contributed by atoms with E-state index in [9.17, 15) is 4.79 Å². The van der Waals surface area contributed by atoms with Crippen LogP contribution < -0.4 is 10.6 Å². The predicted molar refractivity (Wildman–Crippen MR) is 75.8 cm³/mol. The van der Waals surface area contributed by atoms with Gasteiger partial charge < -0.3 is 10.6 Å². The van der Waals surface area contributed by atoms with Crippen molar-refractivity contribution in [2.24, 2.45) is 5.92 Å². The first-order chi connectivity index (χ1) is 8.84. The van der Waals surface area contributed by atoms with Crippen molar-refractivity contribution in [1.29, 1.82) is 0 Å². The van der Waals surface area contributed by atoms with Crippen molar-refractivity contribution in [1.82, 2.24) is 20.8 Å². The minimum Gasteiger partial charge on any atom is -0.350 e. The van der Waals surface area contributed by atoms with E-state index in [1.807, 2.05) is 0 Å². The first-order valence-corrected chi connectivity index (χ1v) is 6.89. The monoisotopic (exact) mass is 284 g/mol. The summed E-state index contributed by atoms with van der Waals surface area (Å²) < 4.78 is 0. The van der Waals surface area contributed by atoms with E-state index in [1.54, 1.807) is 0 Å². The highest BCUT2D eigenvalue weighted by Gasteiger charge is 2.23. The molecule has 1 unspecified atom stereocenters. The van der Waals surface area contributed by atoms with Crippen LogP contribution in [0.5, 0.6) is 0 Å². The Labute approximate surface area is 119 Å². The number of nitrogens with zero attached hydrogens (tertiary/aromatic N) is 1. The van der Waals surface area contributed by atoms with Crippen LogP contribution in [0.1, 0.15) is 41.0 Å². The van der Waals surface area contributed by atoms with Gasteiger partial charge in [-0.15, -0.1) is 12.4 Å². The number of aromatic amines is 1. The van der Waals surface area contributed by atoms with Crippen LogP contribution in [0, 0.1) is 5.92 Å². The zero-order valence-corrected chi connectivity index (χ0v) is 11.8. The molecule has 2 heterocycles. The van der Waals surface area contributed by atoms with Crippen molar-refractivity contribution in [3.8, 4) is 0 Å². The molecule has 1 aromatic heterocycles. The minimum absolute atomic E-state index is 0. The Kier molecular flexibility index (Phi) is 4.82. The first kappa shape index (κ1) is 14.3. The van der Waals surface area contributed by atoms with Crippen LogP contribution in [0.4, 0.5) is 0 Å². The third kappa shape index (κ3) is 3.09. The molecule has 3 N–H and O–H groups in total. The molecule has 1 aromatic rings. The van der Waals surface area contributed by atoms with E-state index in [1.165, 1.54) is 12.8 Å². The Bertz CT molecular complexity index is 440. The van der Waals surface area contributed by atoms with Gasteiger partial charge in [0, 0.05) is 17.8 Å². The van der Waals surface area contributed by atoms with Crippen molar-refractivity contribution in [3.05, 3.63) is 17.0 Å². The molecule has 1 aliphatic carbocycles. The maximum atomic E-state index is 12.1. The summed E-state index contributed by atoms with van der Waals surface area (Å²) in [5.41, 5.74) is 2.90. The lowest BCUT2D eigenvalue weighted by Crippen LogP contribution is -2.38. The molecule has 106 valence electrons. The van der Waals surface area contributed by atoms with Gasteiger partial charge in [0.15, 0.2) is 5.69 Å². The second-order valence-corrected chi connectivity index (χ2v) is 5.31. The van der Waals surface area contributed by atoms with Gasteiger partial charge in [-0.05, 0) is 51.1 Å². The molecule has 0 spiro atoms. The molecule has 19 heavy (non-hydrogen) atoms. The third-order valence-corrected chi connectivity index (χ3v) is 3.97. The van der Waals surface area contributed by atoms with Gasteiger partial charge in [0.2, 0.25) is 0 Å². The topological polar surface area (TPSA) is 69.8 Å². The summed E-state index contributed by atoms with van der Waals surface area (Å²) in [6.07, 6.45) is 5.56. The summed E-state index contributed by atoms with van der Waals surface area (Å²) in [5, 5.41) is 13.5. The van der Waals surface area contributed by atoms with Gasteiger partial charge in [0.25, 0.3) is 5.91 Å². The molecule has 1 aliphatic heterocycles. The third-order valence-electron chi connectivity index (χ3n) is 3.97. The lowest BCUT2D eigenvalue weighted by Gasteiger charge is -2.22. The second-order valence-electron chi connectivity index (χ2n) is 5.31. The average molecular weight is 285 g/mol. The number of amides is 1. The fourth-order valence-electron chi connectivity index (χ4n) is 2.93. The van der Waals surface area contributed by atoms with Crippen molar-refractivity contribution in [2.45, 2.75) is 32.1 Å². The lowest BCUT2D eigenvalue weighted by molar-refractivity contribution is 0.0939. The smallest absolute Gasteiger partial charge is 0.272 e. The van der Waals surface area contributed by atoms with Crippen LogP contribution in [0.25, 0.3) is 0 Å². The van der Waals surface area contributed by atoms with Gasteiger partial charge in [-0.1, -0.05) is 0 Å². The maximum absolute atomic E-state index is 12.1. The molecule has 6 heteroatoms. The van der Waals surface area contributed by atoms with E-state index < -0.39 is 0 Å². The zero-order chi connectivity index (χ0) is 12.4. The number of carbonyl (C=O) groups is 1. The minimum atomic E-state index is -0.0139. The maximum Gasteiger partial charge on any atom is 0.272 e. The number of aromatic nitrogens is 2. The molecule has 5 nitrogen and oxygen atoms in total. The highest BCUT2D eigenvalue weighted by Crippen LogP contribution is 2.22. The largest absolute Gasteiger partial charge is 0.350 e.